The van der Waals surface area contributed by atoms with Gasteiger partial charge in [0.25, 0.3) is 0 Å². The lowest BCUT2D eigenvalue weighted by atomic mass is 10.2. The number of pyridine rings is 1. The van der Waals surface area contributed by atoms with Gasteiger partial charge in [-0.05, 0) is 50.0 Å². The lowest BCUT2D eigenvalue weighted by Gasteiger charge is -2.21. The van der Waals surface area contributed by atoms with Gasteiger partial charge >= 0.3 is 0 Å². The number of unbranched alkanes of at least 4 members (excludes halogenated alkanes) is 2. The SMILES string of the molecule is CCCCN(CCCC)CCc1ccncc1. The molecule has 0 saturated heterocycles. The van der Waals surface area contributed by atoms with Gasteiger partial charge in [0.15, 0.2) is 0 Å². The van der Waals surface area contributed by atoms with Gasteiger partial charge < -0.3 is 4.90 Å². The molecule has 0 bridgehead atoms. The molecule has 1 aromatic heterocycles. The Hall–Kier alpha value is -0.890. The van der Waals surface area contributed by atoms with Crippen molar-refractivity contribution < 1.29 is 0 Å². The Bertz CT molecular complexity index is 264. The molecule has 0 radical (unpaired) electrons. The molecule has 2 heteroatoms. The number of nitrogens with zero attached hydrogens (tertiary/aromatic N) is 2. The molecule has 17 heavy (non-hydrogen) atoms. The average Bonchev–Trinajstić information content (AvgIpc) is 2.39. The molecular formula is C15H26N2. The summed E-state index contributed by atoms with van der Waals surface area (Å²) in [5.74, 6) is 0. The molecule has 0 atom stereocenters. The van der Waals surface area contributed by atoms with Gasteiger partial charge in [0.2, 0.25) is 0 Å². The van der Waals surface area contributed by atoms with E-state index in [1.165, 1.54) is 50.9 Å². The van der Waals surface area contributed by atoms with Gasteiger partial charge in [0.1, 0.15) is 0 Å². The van der Waals surface area contributed by atoms with Crippen LogP contribution in [0, 0.1) is 0 Å². The van der Waals surface area contributed by atoms with Crippen LogP contribution in [0.5, 0.6) is 0 Å². The summed E-state index contributed by atoms with van der Waals surface area (Å²) in [7, 11) is 0. The Morgan fingerprint density at radius 3 is 2.06 bits per heavy atom. The van der Waals surface area contributed by atoms with E-state index in [1.54, 1.807) is 0 Å². The van der Waals surface area contributed by atoms with Crippen LogP contribution in [-0.2, 0) is 6.42 Å². The number of rotatable bonds is 9. The van der Waals surface area contributed by atoms with E-state index >= 15 is 0 Å². The Balaban J connectivity index is 2.31. The second-order valence-corrected chi connectivity index (χ2v) is 4.65. The molecule has 0 aliphatic rings. The van der Waals surface area contributed by atoms with E-state index in [2.05, 4.69) is 35.9 Å². The monoisotopic (exact) mass is 234 g/mol. The van der Waals surface area contributed by atoms with Crippen LogP contribution >= 0.6 is 0 Å². The predicted octanol–water partition coefficient (Wildman–Crippen LogP) is 3.53. The first-order valence-electron chi connectivity index (χ1n) is 6.98. The first-order chi connectivity index (χ1) is 8.36. The zero-order valence-electron chi connectivity index (χ0n) is 11.4. The summed E-state index contributed by atoms with van der Waals surface area (Å²) in [5, 5.41) is 0. The van der Waals surface area contributed by atoms with Crippen molar-refractivity contribution in [2.75, 3.05) is 19.6 Å². The number of aromatic nitrogens is 1. The number of hydrogen-bond donors (Lipinski definition) is 0. The lowest BCUT2D eigenvalue weighted by molar-refractivity contribution is 0.268. The average molecular weight is 234 g/mol. The highest BCUT2D eigenvalue weighted by atomic mass is 15.1. The van der Waals surface area contributed by atoms with Crippen LogP contribution in [0.2, 0.25) is 0 Å². The van der Waals surface area contributed by atoms with Crippen LogP contribution in [0.1, 0.15) is 45.1 Å². The van der Waals surface area contributed by atoms with E-state index < -0.39 is 0 Å². The van der Waals surface area contributed by atoms with Gasteiger partial charge in [-0.3, -0.25) is 4.98 Å². The highest BCUT2D eigenvalue weighted by molar-refractivity contribution is 5.09. The lowest BCUT2D eigenvalue weighted by Crippen LogP contribution is -2.28. The second-order valence-electron chi connectivity index (χ2n) is 4.65. The first-order valence-corrected chi connectivity index (χ1v) is 6.98. The third-order valence-corrected chi connectivity index (χ3v) is 3.12. The maximum atomic E-state index is 4.06. The minimum Gasteiger partial charge on any atom is -0.303 e. The third-order valence-electron chi connectivity index (χ3n) is 3.12. The van der Waals surface area contributed by atoms with Crippen molar-refractivity contribution >= 4 is 0 Å². The van der Waals surface area contributed by atoms with Gasteiger partial charge in [-0.25, -0.2) is 0 Å². The fourth-order valence-corrected chi connectivity index (χ4v) is 1.94. The second kappa shape index (κ2) is 9.17. The molecule has 1 rings (SSSR count). The van der Waals surface area contributed by atoms with Crippen molar-refractivity contribution in [3.8, 4) is 0 Å². The Kier molecular flexibility index (Phi) is 7.65. The first kappa shape index (κ1) is 14.2. The van der Waals surface area contributed by atoms with Gasteiger partial charge in [-0.15, -0.1) is 0 Å². The van der Waals surface area contributed by atoms with Crippen LogP contribution in [-0.4, -0.2) is 29.5 Å². The molecule has 0 spiro atoms. The minimum atomic E-state index is 1.15. The molecular weight excluding hydrogens is 208 g/mol. The van der Waals surface area contributed by atoms with Crippen LogP contribution in [0.4, 0.5) is 0 Å². The van der Waals surface area contributed by atoms with E-state index in [4.69, 9.17) is 0 Å². The summed E-state index contributed by atoms with van der Waals surface area (Å²) in [4.78, 5) is 6.66. The Labute approximate surface area is 106 Å². The number of hydrogen-bond acceptors (Lipinski definition) is 2. The fraction of sp³-hybridized carbons (Fsp3) is 0.667. The van der Waals surface area contributed by atoms with Gasteiger partial charge in [-0.2, -0.15) is 0 Å². The standard InChI is InChI=1S/C15H26N2/c1-3-5-12-17(13-6-4-2)14-9-15-7-10-16-11-8-15/h7-8,10-11H,3-6,9,12-14H2,1-2H3. The van der Waals surface area contributed by atoms with Crippen molar-refractivity contribution in [1.29, 1.82) is 0 Å². The normalized spacial score (nSPS) is 11.0. The van der Waals surface area contributed by atoms with E-state index in [0.717, 1.165) is 6.42 Å². The summed E-state index contributed by atoms with van der Waals surface area (Å²) in [6.45, 7) is 8.22. The maximum absolute atomic E-state index is 4.06. The molecule has 0 aromatic carbocycles. The third kappa shape index (κ3) is 6.42. The zero-order valence-corrected chi connectivity index (χ0v) is 11.4. The van der Waals surface area contributed by atoms with Crippen LogP contribution < -0.4 is 0 Å². The smallest absolute Gasteiger partial charge is 0.0270 e. The van der Waals surface area contributed by atoms with Gasteiger partial charge in [0, 0.05) is 18.9 Å². The Morgan fingerprint density at radius 2 is 1.53 bits per heavy atom. The van der Waals surface area contributed by atoms with Crippen LogP contribution in [0.15, 0.2) is 24.5 Å². The maximum Gasteiger partial charge on any atom is 0.0270 e. The van der Waals surface area contributed by atoms with Crippen LogP contribution in [0.25, 0.3) is 0 Å². The van der Waals surface area contributed by atoms with Gasteiger partial charge in [-0.1, -0.05) is 26.7 Å². The highest BCUT2D eigenvalue weighted by Gasteiger charge is 2.03. The van der Waals surface area contributed by atoms with Crippen molar-refractivity contribution in [2.45, 2.75) is 46.0 Å². The largest absolute Gasteiger partial charge is 0.303 e. The summed E-state index contributed by atoms with van der Waals surface area (Å²) in [5.41, 5.74) is 1.40. The molecule has 1 heterocycles. The van der Waals surface area contributed by atoms with Gasteiger partial charge in [0.05, 0.1) is 0 Å². The van der Waals surface area contributed by atoms with E-state index in [9.17, 15) is 0 Å². The van der Waals surface area contributed by atoms with E-state index in [-0.39, 0.29) is 0 Å². The predicted molar refractivity (Wildman–Crippen MR) is 74.2 cm³/mol. The molecule has 1 aromatic rings. The van der Waals surface area contributed by atoms with Crippen molar-refractivity contribution in [3.63, 3.8) is 0 Å². The topological polar surface area (TPSA) is 16.1 Å². The summed E-state index contributed by atoms with van der Waals surface area (Å²) >= 11 is 0. The van der Waals surface area contributed by atoms with E-state index in [0.29, 0.717) is 0 Å². The van der Waals surface area contributed by atoms with E-state index in [1.807, 2.05) is 12.4 Å². The van der Waals surface area contributed by atoms with Crippen molar-refractivity contribution in [1.82, 2.24) is 9.88 Å². The summed E-state index contributed by atoms with van der Waals surface area (Å²) in [6.07, 6.45) is 10.1. The molecule has 0 N–H and O–H groups in total. The molecule has 0 aliphatic carbocycles. The molecule has 0 fully saturated rings. The molecule has 0 saturated carbocycles. The fourth-order valence-electron chi connectivity index (χ4n) is 1.94. The molecule has 0 unspecified atom stereocenters. The molecule has 0 amide bonds. The quantitative estimate of drug-likeness (QED) is 0.650. The Morgan fingerprint density at radius 1 is 0.941 bits per heavy atom. The van der Waals surface area contributed by atoms with Crippen molar-refractivity contribution in [3.05, 3.63) is 30.1 Å². The van der Waals surface area contributed by atoms with Crippen LogP contribution in [0.3, 0.4) is 0 Å². The zero-order chi connectivity index (χ0) is 12.3. The molecule has 96 valence electrons. The minimum absolute atomic E-state index is 1.15. The highest BCUT2D eigenvalue weighted by Crippen LogP contribution is 2.03. The summed E-state index contributed by atoms with van der Waals surface area (Å²) < 4.78 is 0. The molecule has 2 nitrogen and oxygen atoms in total. The van der Waals surface area contributed by atoms with Crippen molar-refractivity contribution in [2.24, 2.45) is 0 Å². The molecule has 0 aliphatic heterocycles. The summed E-state index contributed by atoms with van der Waals surface area (Å²) in [6, 6.07) is 4.25.